The molecule has 0 bridgehead atoms. The Kier molecular flexibility index (Phi) is 6.79. The third kappa shape index (κ3) is 5.53. The molecule has 0 unspecified atom stereocenters. The normalized spacial score (nSPS) is 13.7. The number of aromatic nitrogens is 4. The summed E-state index contributed by atoms with van der Waals surface area (Å²) in [5.74, 6) is 0.994. The molecule has 4 rings (SSSR count). The van der Waals surface area contributed by atoms with E-state index in [0.29, 0.717) is 28.9 Å². The van der Waals surface area contributed by atoms with Gasteiger partial charge in [0.05, 0.1) is 18.1 Å². The Labute approximate surface area is 185 Å². The minimum absolute atomic E-state index is 0.208. The van der Waals surface area contributed by atoms with Crippen molar-refractivity contribution in [1.29, 1.82) is 5.26 Å². The highest BCUT2D eigenvalue weighted by Gasteiger charge is 2.18. The van der Waals surface area contributed by atoms with Crippen molar-refractivity contribution in [3.05, 3.63) is 60.2 Å². The lowest BCUT2D eigenvalue weighted by Gasteiger charge is -2.23. The van der Waals surface area contributed by atoms with Crippen molar-refractivity contribution in [2.24, 2.45) is 5.92 Å². The van der Waals surface area contributed by atoms with Crippen LogP contribution in [0.2, 0.25) is 0 Å². The van der Waals surface area contributed by atoms with Gasteiger partial charge in [-0.2, -0.15) is 5.26 Å². The van der Waals surface area contributed by atoms with E-state index >= 15 is 0 Å². The van der Waals surface area contributed by atoms with Gasteiger partial charge in [0.15, 0.2) is 17.2 Å². The Bertz CT molecular complexity index is 1090. The van der Waals surface area contributed by atoms with Crippen LogP contribution in [-0.4, -0.2) is 45.7 Å². The SMILES string of the molecule is N#Cc1cnc(Nc2cc(NCC3CCNCC3)c(C(=O)Nc3ccccc3)nn2)cn1. The van der Waals surface area contributed by atoms with Gasteiger partial charge in [-0.1, -0.05) is 18.2 Å². The lowest BCUT2D eigenvalue weighted by atomic mass is 9.98. The number of rotatable bonds is 7. The molecule has 0 radical (unpaired) electrons. The second-order valence-corrected chi connectivity index (χ2v) is 7.41. The van der Waals surface area contributed by atoms with Gasteiger partial charge < -0.3 is 21.3 Å². The Hall–Kier alpha value is -4.10. The van der Waals surface area contributed by atoms with E-state index in [1.54, 1.807) is 6.07 Å². The molecule has 3 aromatic rings. The quantitative estimate of drug-likeness (QED) is 0.446. The third-order valence-electron chi connectivity index (χ3n) is 5.10. The second kappa shape index (κ2) is 10.3. The van der Waals surface area contributed by atoms with E-state index in [1.807, 2.05) is 36.4 Å². The Morgan fingerprint density at radius 2 is 1.91 bits per heavy atom. The average molecular weight is 429 g/mol. The molecule has 1 aliphatic rings. The number of benzene rings is 1. The number of nitriles is 1. The number of carbonyl (C=O) groups is 1. The zero-order chi connectivity index (χ0) is 22.2. The maximum atomic E-state index is 12.9. The van der Waals surface area contributed by atoms with Crippen LogP contribution in [-0.2, 0) is 0 Å². The minimum Gasteiger partial charge on any atom is -0.383 e. The van der Waals surface area contributed by atoms with Crippen LogP contribution in [0.4, 0.5) is 23.0 Å². The summed E-state index contributed by atoms with van der Waals surface area (Å²) in [5.41, 5.74) is 1.69. The molecule has 1 saturated heterocycles. The molecule has 0 saturated carbocycles. The van der Waals surface area contributed by atoms with Crippen LogP contribution in [0.25, 0.3) is 0 Å². The number of hydrogen-bond donors (Lipinski definition) is 4. The summed E-state index contributed by atoms with van der Waals surface area (Å²) in [6, 6.07) is 12.9. The number of nitrogens with zero attached hydrogens (tertiary/aromatic N) is 5. The molecule has 1 amide bonds. The summed E-state index contributed by atoms with van der Waals surface area (Å²) in [6.07, 6.45) is 4.96. The maximum absolute atomic E-state index is 12.9. The molecule has 10 heteroatoms. The Morgan fingerprint density at radius 3 is 2.62 bits per heavy atom. The second-order valence-electron chi connectivity index (χ2n) is 7.41. The molecule has 10 nitrogen and oxygen atoms in total. The molecule has 4 N–H and O–H groups in total. The highest BCUT2D eigenvalue weighted by atomic mass is 16.2. The summed E-state index contributed by atoms with van der Waals surface area (Å²) in [7, 11) is 0. The zero-order valence-corrected chi connectivity index (χ0v) is 17.4. The Balaban J connectivity index is 1.54. The van der Waals surface area contributed by atoms with E-state index in [2.05, 4.69) is 41.4 Å². The van der Waals surface area contributed by atoms with Crippen LogP contribution in [0.5, 0.6) is 0 Å². The smallest absolute Gasteiger partial charge is 0.278 e. The first-order chi connectivity index (χ1) is 15.7. The largest absolute Gasteiger partial charge is 0.383 e. The van der Waals surface area contributed by atoms with Gasteiger partial charge in [-0.3, -0.25) is 4.79 Å². The number of amides is 1. The van der Waals surface area contributed by atoms with E-state index in [-0.39, 0.29) is 17.3 Å². The molecular formula is C22H23N9O. The van der Waals surface area contributed by atoms with Gasteiger partial charge in [0.1, 0.15) is 11.9 Å². The monoisotopic (exact) mass is 429 g/mol. The first-order valence-corrected chi connectivity index (χ1v) is 10.4. The average Bonchev–Trinajstić information content (AvgIpc) is 2.84. The molecule has 0 atom stereocenters. The summed E-state index contributed by atoms with van der Waals surface area (Å²) in [6.45, 7) is 2.72. The summed E-state index contributed by atoms with van der Waals surface area (Å²) < 4.78 is 0. The van der Waals surface area contributed by atoms with Gasteiger partial charge in [0, 0.05) is 18.3 Å². The van der Waals surface area contributed by atoms with Crippen LogP contribution in [0.15, 0.2) is 48.8 Å². The first-order valence-electron chi connectivity index (χ1n) is 10.4. The van der Waals surface area contributed by atoms with Crippen molar-refractivity contribution >= 4 is 28.9 Å². The van der Waals surface area contributed by atoms with Crippen molar-refractivity contribution in [3.63, 3.8) is 0 Å². The van der Waals surface area contributed by atoms with Crippen molar-refractivity contribution in [1.82, 2.24) is 25.5 Å². The minimum atomic E-state index is -0.346. The molecule has 1 fully saturated rings. The van der Waals surface area contributed by atoms with Crippen LogP contribution in [0.3, 0.4) is 0 Å². The van der Waals surface area contributed by atoms with Crippen molar-refractivity contribution in [3.8, 4) is 6.07 Å². The number of piperidine rings is 1. The fourth-order valence-electron chi connectivity index (χ4n) is 3.39. The summed E-state index contributed by atoms with van der Waals surface area (Å²) >= 11 is 0. The number of anilines is 4. The molecule has 3 heterocycles. The molecule has 0 spiro atoms. The van der Waals surface area contributed by atoms with Crippen LogP contribution in [0, 0.1) is 17.2 Å². The number of hydrogen-bond acceptors (Lipinski definition) is 9. The fourth-order valence-corrected chi connectivity index (χ4v) is 3.39. The molecule has 1 aromatic carbocycles. The van der Waals surface area contributed by atoms with Gasteiger partial charge >= 0.3 is 0 Å². The Morgan fingerprint density at radius 1 is 1.09 bits per heavy atom. The topological polar surface area (TPSA) is 141 Å². The zero-order valence-electron chi connectivity index (χ0n) is 17.4. The van der Waals surface area contributed by atoms with Gasteiger partial charge in [0.2, 0.25) is 0 Å². The molecule has 162 valence electrons. The molecule has 1 aliphatic heterocycles. The number of nitrogens with one attached hydrogen (secondary N) is 4. The maximum Gasteiger partial charge on any atom is 0.278 e. The molecule has 32 heavy (non-hydrogen) atoms. The van der Waals surface area contributed by atoms with Crippen LogP contribution in [0.1, 0.15) is 29.0 Å². The standard InChI is InChI=1S/C22H23N9O/c23-11-17-13-27-20(14-25-17)29-19-10-18(26-12-15-6-8-24-9-7-15)21(31-30-19)22(32)28-16-4-2-1-3-5-16/h1-5,10,13-15,24H,6-9,12H2,(H,28,32)(H2,26,27,29,30). The molecular weight excluding hydrogens is 406 g/mol. The highest BCUT2D eigenvalue weighted by Crippen LogP contribution is 2.22. The fraction of sp³-hybridized carbons (Fsp3) is 0.273. The van der Waals surface area contributed by atoms with Crippen molar-refractivity contribution in [2.45, 2.75) is 12.8 Å². The van der Waals surface area contributed by atoms with Crippen molar-refractivity contribution < 1.29 is 4.79 Å². The predicted octanol–water partition coefficient (Wildman–Crippen LogP) is 2.55. The predicted molar refractivity (Wildman–Crippen MR) is 121 cm³/mol. The lowest BCUT2D eigenvalue weighted by Crippen LogP contribution is -2.31. The van der Waals surface area contributed by atoms with Gasteiger partial charge in [0.25, 0.3) is 5.91 Å². The highest BCUT2D eigenvalue weighted by molar-refractivity contribution is 6.06. The first kappa shape index (κ1) is 21.1. The lowest BCUT2D eigenvalue weighted by molar-refractivity contribution is 0.102. The van der Waals surface area contributed by atoms with Crippen LogP contribution < -0.4 is 21.3 Å². The number of para-hydroxylation sites is 1. The number of carbonyl (C=O) groups excluding carboxylic acids is 1. The molecule has 2 aromatic heterocycles. The van der Waals surface area contributed by atoms with E-state index < -0.39 is 0 Å². The van der Waals surface area contributed by atoms with Gasteiger partial charge in [-0.05, 0) is 44.0 Å². The van der Waals surface area contributed by atoms with E-state index in [4.69, 9.17) is 5.26 Å². The summed E-state index contributed by atoms with van der Waals surface area (Å²) in [4.78, 5) is 21.0. The third-order valence-corrected chi connectivity index (χ3v) is 5.10. The van der Waals surface area contributed by atoms with E-state index in [1.165, 1.54) is 12.4 Å². The van der Waals surface area contributed by atoms with E-state index in [9.17, 15) is 4.79 Å². The van der Waals surface area contributed by atoms with Crippen molar-refractivity contribution in [2.75, 3.05) is 35.6 Å². The summed E-state index contributed by atoms with van der Waals surface area (Å²) in [5, 5.41) is 29.8. The van der Waals surface area contributed by atoms with Gasteiger partial charge in [-0.25, -0.2) is 9.97 Å². The molecule has 0 aliphatic carbocycles. The van der Waals surface area contributed by atoms with Gasteiger partial charge in [-0.15, -0.1) is 10.2 Å². The van der Waals surface area contributed by atoms with E-state index in [0.717, 1.165) is 32.5 Å². The van der Waals surface area contributed by atoms with Crippen LogP contribution >= 0.6 is 0 Å².